The Morgan fingerprint density at radius 1 is 1.07 bits per heavy atom. The van der Waals surface area contributed by atoms with E-state index in [1.54, 1.807) is 6.92 Å². The van der Waals surface area contributed by atoms with Gasteiger partial charge in [-0.15, -0.1) is 0 Å². The van der Waals surface area contributed by atoms with Gasteiger partial charge in [0.2, 0.25) is 11.2 Å². The molecule has 1 aromatic carbocycles. The van der Waals surface area contributed by atoms with Crippen LogP contribution in [0.25, 0.3) is 11.2 Å². The van der Waals surface area contributed by atoms with E-state index in [0.29, 0.717) is 17.6 Å². The molecule has 0 aliphatic rings. The standard InChI is InChI=1S/C9H7Br3O3/c1-3(13)2-4-5(10)6(11)7(12)9-8(4)14-15-9/h3,13H,2H2,1H3. The molecule has 0 bridgehead atoms. The van der Waals surface area contributed by atoms with Gasteiger partial charge < -0.3 is 5.11 Å². The first-order valence-electron chi connectivity index (χ1n) is 4.24. The topological polar surface area (TPSA) is 46.5 Å². The predicted molar refractivity (Wildman–Crippen MR) is 67.0 cm³/mol. The van der Waals surface area contributed by atoms with Gasteiger partial charge in [-0.3, -0.25) is 9.15 Å². The monoisotopic (exact) mass is 400 g/mol. The lowest BCUT2D eigenvalue weighted by molar-refractivity contribution is 0.0566. The summed E-state index contributed by atoms with van der Waals surface area (Å²) in [6.07, 6.45) is 0.0840. The maximum Gasteiger partial charge on any atom is 0.241 e. The molecule has 82 valence electrons. The molecule has 2 rings (SSSR count). The van der Waals surface area contributed by atoms with Crippen molar-refractivity contribution in [3.8, 4) is 0 Å². The third-order valence-corrected chi connectivity index (χ3v) is 5.53. The third-order valence-electron chi connectivity index (χ3n) is 2.04. The molecule has 1 atom stereocenters. The first-order valence-corrected chi connectivity index (χ1v) is 6.62. The van der Waals surface area contributed by atoms with E-state index in [1.165, 1.54) is 0 Å². The highest BCUT2D eigenvalue weighted by molar-refractivity contribution is 9.14. The van der Waals surface area contributed by atoms with Crippen LogP contribution in [0.2, 0.25) is 0 Å². The second kappa shape index (κ2) is 4.24. The minimum absolute atomic E-state index is 0.428. The van der Waals surface area contributed by atoms with Gasteiger partial charge in [0.1, 0.15) is 0 Å². The fourth-order valence-corrected chi connectivity index (χ4v) is 3.02. The van der Waals surface area contributed by atoms with Crippen molar-refractivity contribution in [1.82, 2.24) is 0 Å². The van der Waals surface area contributed by atoms with Crippen molar-refractivity contribution in [3.63, 3.8) is 0 Å². The van der Waals surface area contributed by atoms with Crippen molar-refractivity contribution in [3.05, 3.63) is 19.0 Å². The lowest BCUT2D eigenvalue weighted by atomic mass is 10.1. The molecule has 1 heterocycles. The number of hydrogen-bond donors (Lipinski definition) is 1. The maximum atomic E-state index is 9.39. The summed E-state index contributed by atoms with van der Waals surface area (Å²) in [5.41, 5.74) is 2.25. The zero-order valence-corrected chi connectivity index (χ0v) is 12.4. The summed E-state index contributed by atoms with van der Waals surface area (Å²) in [6, 6.07) is 0. The molecule has 6 heteroatoms. The molecule has 0 amide bonds. The number of fused-ring (bicyclic) bond motifs is 1. The molecule has 0 saturated carbocycles. The SMILES string of the molecule is CC(O)Cc1c(Br)c(Br)c(Br)c2ooc12. The largest absolute Gasteiger partial charge is 0.393 e. The van der Waals surface area contributed by atoms with Gasteiger partial charge in [-0.25, -0.2) is 0 Å². The molecule has 15 heavy (non-hydrogen) atoms. The van der Waals surface area contributed by atoms with Crippen LogP contribution in [0.1, 0.15) is 12.5 Å². The highest BCUT2D eigenvalue weighted by Crippen LogP contribution is 2.42. The second-order valence-electron chi connectivity index (χ2n) is 3.30. The number of rotatable bonds is 2. The van der Waals surface area contributed by atoms with Crippen LogP contribution >= 0.6 is 47.8 Å². The molecule has 0 spiro atoms. The normalized spacial score (nSPS) is 13.7. The average molecular weight is 403 g/mol. The predicted octanol–water partition coefficient (Wildman–Crippen LogP) is 4.24. The molecular weight excluding hydrogens is 396 g/mol. The van der Waals surface area contributed by atoms with Crippen LogP contribution in [0, 0.1) is 0 Å². The summed E-state index contributed by atoms with van der Waals surface area (Å²) < 4.78 is 12.4. The molecule has 0 aliphatic heterocycles. The van der Waals surface area contributed by atoms with E-state index in [-0.39, 0.29) is 0 Å². The van der Waals surface area contributed by atoms with Crippen LogP contribution in [-0.2, 0) is 6.42 Å². The zero-order valence-electron chi connectivity index (χ0n) is 7.68. The van der Waals surface area contributed by atoms with Crippen LogP contribution in [0.5, 0.6) is 0 Å². The van der Waals surface area contributed by atoms with Crippen LogP contribution < -0.4 is 0 Å². The van der Waals surface area contributed by atoms with Crippen molar-refractivity contribution >= 4 is 59.0 Å². The quantitative estimate of drug-likeness (QED) is 0.603. The van der Waals surface area contributed by atoms with Gasteiger partial charge >= 0.3 is 0 Å². The van der Waals surface area contributed by atoms with Gasteiger partial charge in [0.25, 0.3) is 0 Å². The van der Waals surface area contributed by atoms with E-state index in [0.717, 1.165) is 19.0 Å². The molecule has 2 aromatic rings. The number of aliphatic hydroxyl groups is 1. The number of hydrogen-bond acceptors (Lipinski definition) is 3. The van der Waals surface area contributed by atoms with Crippen LogP contribution in [0.4, 0.5) is 0 Å². The Morgan fingerprint density at radius 3 is 2.13 bits per heavy atom. The van der Waals surface area contributed by atoms with Crippen molar-refractivity contribution in [2.45, 2.75) is 19.4 Å². The highest BCUT2D eigenvalue weighted by Gasteiger charge is 2.23. The Hall–Kier alpha value is 0.220. The average Bonchev–Trinajstić information content (AvgIpc) is 2.10. The second-order valence-corrected chi connectivity index (χ2v) is 5.68. The molecule has 0 fully saturated rings. The van der Waals surface area contributed by atoms with Gasteiger partial charge in [0.05, 0.1) is 15.0 Å². The summed E-state index contributed by atoms with van der Waals surface area (Å²) in [5, 5.41) is 9.39. The minimum atomic E-state index is -0.428. The lowest BCUT2D eigenvalue weighted by Gasteiger charge is -2.13. The Labute approximate surface area is 111 Å². The number of halogens is 3. The minimum Gasteiger partial charge on any atom is -0.393 e. The first-order chi connectivity index (χ1) is 7.02. The van der Waals surface area contributed by atoms with Crippen molar-refractivity contribution in [1.29, 1.82) is 0 Å². The van der Waals surface area contributed by atoms with Gasteiger partial charge in [0, 0.05) is 16.5 Å². The summed E-state index contributed by atoms with van der Waals surface area (Å²) in [4.78, 5) is 0. The Balaban J connectivity index is 2.63. The van der Waals surface area contributed by atoms with Crippen molar-refractivity contribution < 1.29 is 14.3 Å². The van der Waals surface area contributed by atoms with Gasteiger partial charge in [-0.05, 0) is 54.7 Å². The number of benzene rings is 1. The molecule has 3 nitrogen and oxygen atoms in total. The molecule has 0 radical (unpaired) electrons. The van der Waals surface area contributed by atoms with E-state index in [4.69, 9.17) is 9.15 Å². The third kappa shape index (κ3) is 1.92. The smallest absolute Gasteiger partial charge is 0.241 e. The summed E-state index contributed by atoms with van der Waals surface area (Å²) in [6.45, 7) is 1.73. The number of aliphatic hydroxyl groups excluding tert-OH is 1. The molecule has 0 saturated heterocycles. The van der Waals surface area contributed by atoms with Gasteiger partial charge in [-0.2, -0.15) is 0 Å². The fourth-order valence-electron chi connectivity index (χ4n) is 1.35. The summed E-state index contributed by atoms with van der Waals surface area (Å²) >= 11 is 10.3. The Kier molecular flexibility index (Phi) is 3.30. The summed E-state index contributed by atoms with van der Waals surface area (Å²) in [5.74, 6) is 0. The Bertz CT molecular complexity index is 498. The van der Waals surface area contributed by atoms with Gasteiger partial charge in [0.15, 0.2) is 0 Å². The molecule has 0 aliphatic carbocycles. The van der Waals surface area contributed by atoms with E-state index in [1.807, 2.05) is 0 Å². The van der Waals surface area contributed by atoms with E-state index < -0.39 is 6.10 Å². The molecule has 1 unspecified atom stereocenters. The highest BCUT2D eigenvalue weighted by atomic mass is 79.9. The molecule has 1 aromatic heterocycles. The van der Waals surface area contributed by atoms with Crippen LogP contribution in [-0.4, -0.2) is 11.2 Å². The van der Waals surface area contributed by atoms with E-state index in [9.17, 15) is 5.11 Å². The Morgan fingerprint density at radius 2 is 1.67 bits per heavy atom. The molecular formula is C9H7Br3O3. The van der Waals surface area contributed by atoms with Crippen molar-refractivity contribution in [2.24, 2.45) is 0 Å². The molecule has 1 N–H and O–H groups in total. The van der Waals surface area contributed by atoms with Crippen LogP contribution in [0.15, 0.2) is 22.6 Å². The fraction of sp³-hybridized carbons (Fsp3) is 0.333. The maximum absolute atomic E-state index is 9.39. The lowest BCUT2D eigenvalue weighted by Crippen LogP contribution is -2.06. The first kappa shape index (κ1) is 11.7. The van der Waals surface area contributed by atoms with Gasteiger partial charge in [-0.1, -0.05) is 0 Å². The zero-order chi connectivity index (χ0) is 11.2. The summed E-state index contributed by atoms with van der Waals surface area (Å²) in [7, 11) is 0. The van der Waals surface area contributed by atoms with E-state index >= 15 is 0 Å². The van der Waals surface area contributed by atoms with E-state index in [2.05, 4.69) is 47.8 Å². The van der Waals surface area contributed by atoms with Crippen molar-refractivity contribution in [2.75, 3.05) is 0 Å². The van der Waals surface area contributed by atoms with Crippen LogP contribution in [0.3, 0.4) is 0 Å².